The van der Waals surface area contributed by atoms with Crippen LogP contribution in [0.5, 0.6) is 5.75 Å². The average Bonchev–Trinajstić information content (AvgIpc) is 2.27. The fourth-order valence-electron chi connectivity index (χ4n) is 1.73. The Morgan fingerprint density at radius 3 is 2.20 bits per heavy atom. The molecule has 0 saturated carbocycles. The van der Waals surface area contributed by atoms with Gasteiger partial charge in [-0.05, 0) is 41.9 Å². The summed E-state index contributed by atoms with van der Waals surface area (Å²) in [7, 11) is 0. The third kappa shape index (κ3) is 2.74. The molecule has 0 aliphatic heterocycles. The molecule has 1 rings (SSSR count). The molecular formula is C14H22O. The first-order valence-corrected chi connectivity index (χ1v) is 5.92. The normalized spacial score (nSPS) is 14.9. The van der Waals surface area contributed by atoms with Gasteiger partial charge in [0.05, 0.1) is 0 Å². The van der Waals surface area contributed by atoms with E-state index in [1.165, 1.54) is 5.56 Å². The van der Waals surface area contributed by atoms with Crippen molar-refractivity contribution in [1.29, 1.82) is 0 Å². The zero-order valence-electron chi connectivity index (χ0n) is 10.2. The minimum atomic E-state index is 0.439. The Balaban J connectivity index is 3.05. The molecule has 0 fully saturated rings. The molecule has 1 nitrogen and oxygen atoms in total. The molecule has 1 N–H and O–H groups in total. The van der Waals surface area contributed by atoms with Gasteiger partial charge in [0.25, 0.3) is 0 Å². The van der Waals surface area contributed by atoms with E-state index in [0.29, 0.717) is 17.6 Å². The second-order valence-electron chi connectivity index (χ2n) is 4.44. The van der Waals surface area contributed by atoms with Crippen LogP contribution in [0.1, 0.15) is 63.5 Å². The monoisotopic (exact) mass is 206 g/mol. The van der Waals surface area contributed by atoms with E-state index in [2.05, 4.69) is 33.8 Å². The lowest BCUT2D eigenvalue weighted by atomic mass is 9.91. The van der Waals surface area contributed by atoms with E-state index in [0.717, 1.165) is 18.4 Å². The molecule has 15 heavy (non-hydrogen) atoms. The van der Waals surface area contributed by atoms with Crippen LogP contribution in [0, 0.1) is 0 Å². The maximum Gasteiger partial charge on any atom is 0.119 e. The highest BCUT2D eigenvalue weighted by molar-refractivity contribution is 5.39. The van der Waals surface area contributed by atoms with Gasteiger partial charge >= 0.3 is 0 Å². The van der Waals surface area contributed by atoms with E-state index in [-0.39, 0.29) is 0 Å². The minimum absolute atomic E-state index is 0.439. The molecule has 1 heteroatoms. The van der Waals surface area contributed by atoms with Gasteiger partial charge in [-0.25, -0.2) is 0 Å². The van der Waals surface area contributed by atoms with E-state index in [4.69, 9.17) is 0 Å². The van der Waals surface area contributed by atoms with Crippen LogP contribution in [-0.4, -0.2) is 5.11 Å². The summed E-state index contributed by atoms with van der Waals surface area (Å²) in [5, 5.41) is 9.79. The third-order valence-corrected chi connectivity index (χ3v) is 3.38. The highest BCUT2D eigenvalue weighted by Gasteiger charge is 2.11. The summed E-state index contributed by atoms with van der Waals surface area (Å²) in [6.07, 6.45) is 2.21. The molecule has 0 saturated heterocycles. The van der Waals surface area contributed by atoms with E-state index >= 15 is 0 Å². The van der Waals surface area contributed by atoms with Crippen LogP contribution in [0.3, 0.4) is 0 Å². The predicted octanol–water partition coefficient (Wildman–Crippen LogP) is 4.42. The van der Waals surface area contributed by atoms with Crippen LogP contribution in [0.25, 0.3) is 0 Å². The van der Waals surface area contributed by atoms with Crippen molar-refractivity contribution in [2.24, 2.45) is 0 Å². The predicted molar refractivity (Wildman–Crippen MR) is 65.5 cm³/mol. The Labute approximate surface area is 93.1 Å². The van der Waals surface area contributed by atoms with Crippen molar-refractivity contribution >= 4 is 0 Å². The number of phenols is 1. The van der Waals surface area contributed by atoms with Crippen LogP contribution < -0.4 is 0 Å². The van der Waals surface area contributed by atoms with Gasteiger partial charge in [-0.15, -0.1) is 0 Å². The van der Waals surface area contributed by atoms with Crippen LogP contribution in [0.15, 0.2) is 18.2 Å². The Hall–Kier alpha value is -0.980. The molecule has 0 radical (unpaired) electrons. The number of hydrogen-bond acceptors (Lipinski definition) is 1. The smallest absolute Gasteiger partial charge is 0.119 e. The summed E-state index contributed by atoms with van der Waals surface area (Å²) in [5.41, 5.74) is 2.43. The number of rotatable bonds is 4. The van der Waals surface area contributed by atoms with Crippen LogP contribution in [0.4, 0.5) is 0 Å². The van der Waals surface area contributed by atoms with E-state index < -0.39 is 0 Å². The summed E-state index contributed by atoms with van der Waals surface area (Å²) in [6.45, 7) is 8.74. The van der Waals surface area contributed by atoms with Crippen LogP contribution >= 0.6 is 0 Å². The van der Waals surface area contributed by atoms with Gasteiger partial charge in [-0.1, -0.05) is 39.8 Å². The summed E-state index contributed by atoms with van der Waals surface area (Å²) < 4.78 is 0. The molecule has 0 unspecified atom stereocenters. The van der Waals surface area contributed by atoms with Gasteiger partial charge in [-0.3, -0.25) is 0 Å². The summed E-state index contributed by atoms with van der Waals surface area (Å²) in [6, 6.07) is 6.04. The van der Waals surface area contributed by atoms with Gasteiger partial charge < -0.3 is 5.11 Å². The third-order valence-electron chi connectivity index (χ3n) is 3.38. The second-order valence-corrected chi connectivity index (χ2v) is 4.44. The van der Waals surface area contributed by atoms with E-state index in [1.54, 1.807) is 0 Å². The maximum atomic E-state index is 9.79. The first-order chi connectivity index (χ1) is 7.10. The summed E-state index contributed by atoms with van der Waals surface area (Å²) in [4.78, 5) is 0. The highest BCUT2D eigenvalue weighted by Crippen LogP contribution is 2.31. The molecule has 0 aliphatic rings. The van der Waals surface area contributed by atoms with Crippen molar-refractivity contribution in [2.75, 3.05) is 0 Å². The molecule has 0 spiro atoms. The van der Waals surface area contributed by atoms with Crippen molar-refractivity contribution in [3.8, 4) is 5.75 Å². The Morgan fingerprint density at radius 2 is 1.67 bits per heavy atom. The maximum absolute atomic E-state index is 9.79. The molecule has 2 atom stereocenters. The molecule has 1 aromatic carbocycles. The van der Waals surface area contributed by atoms with Gasteiger partial charge in [0.1, 0.15) is 5.75 Å². The van der Waals surface area contributed by atoms with Crippen LogP contribution in [0.2, 0.25) is 0 Å². The molecule has 0 aliphatic carbocycles. The standard InChI is InChI=1S/C14H22O/c1-5-10(3)12-7-8-14(15)13(9-12)11(4)6-2/h7-11,15H,5-6H2,1-4H3/t10-,11-/m1/s1. The Morgan fingerprint density at radius 1 is 1.07 bits per heavy atom. The fraction of sp³-hybridized carbons (Fsp3) is 0.571. The van der Waals surface area contributed by atoms with E-state index in [9.17, 15) is 5.11 Å². The van der Waals surface area contributed by atoms with Gasteiger partial charge in [0.15, 0.2) is 0 Å². The molecule has 0 heterocycles. The fourth-order valence-corrected chi connectivity index (χ4v) is 1.73. The Kier molecular flexibility index (Phi) is 4.19. The largest absolute Gasteiger partial charge is 0.508 e. The Bertz CT molecular complexity index is 317. The summed E-state index contributed by atoms with van der Waals surface area (Å²) >= 11 is 0. The quantitative estimate of drug-likeness (QED) is 0.773. The van der Waals surface area contributed by atoms with Crippen LogP contribution in [-0.2, 0) is 0 Å². The lowest BCUT2D eigenvalue weighted by Gasteiger charge is -2.15. The lowest BCUT2D eigenvalue weighted by molar-refractivity contribution is 0.461. The second kappa shape index (κ2) is 5.20. The van der Waals surface area contributed by atoms with Gasteiger partial charge in [-0.2, -0.15) is 0 Å². The molecule has 0 bridgehead atoms. The zero-order chi connectivity index (χ0) is 11.4. The van der Waals surface area contributed by atoms with Gasteiger partial charge in [0, 0.05) is 0 Å². The lowest BCUT2D eigenvalue weighted by Crippen LogP contribution is -1.97. The topological polar surface area (TPSA) is 20.2 Å². The van der Waals surface area contributed by atoms with Crippen molar-refractivity contribution in [1.82, 2.24) is 0 Å². The van der Waals surface area contributed by atoms with Crippen molar-refractivity contribution in [3.63, 3.8) is 0 Å². The molecule has 84 valence electrons. The first-order valence-electron chi connectivity index (χ1n) is 5.92. The van der Waals surface area contributed by atoms with Crippen molar-refractivity contribution in [3.05, 3.63) is 29.3 Å². The molecular weight excluding hydrogens is 184 g/mol. The highest BCUT2D eigenvalue weighted by atomic mass is 16.3. The molecule has 0 amide bonds. The van der Waals surface area contributed by atoms with E-state index in [1.807, 2.05) is 12.1 Å². The van der Waals surface area contributed by atoms with Gasteiger partial charge in [0.2, 0.25) is 0 Å². The summed E-state index contributed by atoms with van der Waals surface area (Å²) in [5.74, 6) is 1.46. The number of hydrogen-bond donors (Lipinski definition) is 1. The first kappa shape index (κ1) is 12.1. The zero-order valence-corrected chi connectivity index (χ0v) is 10.2. The number of aromatic hydroxyl groups is 1. The number of phenolic OH excluding ortho intramolecular Hbond substituents is 1. The van der Waals surface area contributed by atoms with Crippen molar-refractivity contribution in [2.45, 2.75) is 52.4 Å². The molecule has 1 aromatic rings. The molecule has 0 aromatic heterocycles. The number of benzene rings is 1. The van der Waals surface area contributed by atoms with Crippen molar-refractivity contribution < 1.29 is 5.11 Å². The minimum Gasteiger partial charge on any atom is -0.508 e. The SMILES string of the molecule is CC[C@@H](C)c1ccc(O)c([C@H](C)CC)c1. The average molecular weight is 206 g/mol.